The van der Waals surface area contributed by atoms with Crippen LogP contribution in [0.3, 0.4) is 0 Å². The molecule has 0 spiro atoms. The predicted octanol–water partition coefficient (Wildman–Crippen LogP) is 5.91. The third-order valence-electron chi connectivity index (χ3n) is 4.94. The monoisotopic (exact) mass is 227 g/mol. The van der Waals surface area contributed by atoms with Gasteiger partial charge in [-0.15, -0.1) is 0 Å². The summed E-state index contributed by atoms with van der Waals surface area (Å²) in [5.74, 6) is 4.24. The van der Waals surface area contributed by atoms with Crippen LogP contribution in [-0.4, -0.2) is 0 Å². The summed E-state index contributed by atoms with van der Waals surface area (Å²) >= 11 is 0. The van der Waals surface area contributed by atoms with Crippen molar-refractivity contribution in [3.63, 3.8) is 0 Å². The summed E-state index contributed by atoms with van der Waals surface area (Å²) in [4.78, 5) is 0. The molecule has 2 aliphatic carbocycles. The Morgan fingerprint density at radius 3 is 1.31 bits per heavy atom. The fourth-order valence-electron chi connectivity index (χ4n) is 3.60. The van der Waals surface area contributed by atoms with Gasteiger partial charge >= 0.3 is 0 Å². The molecule has 0 aromatic heterocycles. The van der Waals surface area contributed by atoms with E-state index < -0.39 is 0 Å². The standard InChI is InChI=1S/C15H28.CH4.H2/c1-12-3-7-14(8-4-12)11-15-9-5-13(2)6-10-15;;/h12-15H,3-11H2,1-2H3;1H4;1H/i;;1+1. The van der Waals surface area contributed by atoms with Gasteiger partial charge < -0.3 is 0 Å². The summed E-state index contributed by atoms with van der Waals surface area (Å²) in [5, 5.41) is 0. The summed E-state index contributed by atoms with van der Waals surface area (Å²) in [6, 6.07) is 0. The number of rotatable bonds is 2. The first-order valence-electron chi connectivity index (χ1n) is 7.24. The van der Waals surface area contributed by atoms with E-state index in [1.807, 2.05) is 0 Å². The summed E-state index contributed by atoms with van der Waals surface area (Å²) in [6.45, 7) is 4.86. The average Bonchev–Trinajstić information content (AvgIpc) is 2.25. The molecule has 0 unspecified atom stereocenters. The molecule has 16 heavy (non-hydrogen) atoms. The molecule has 0 N–H and O–H groups in total. The van der Waals surface area contributed by atoms with E-state index in [-0.39, 0.29) is 8.85 Å². The first kappa shape index (κ1) is 14.1. The van der Waals surface area contributed by atoms with Crippen LogP contribution in [0.2, 0.25) is 0 Å². The number of hydrogen-bond acceptors (Lipinski definition) is 0. The Balaban J connectivity index is 0.00000128. The highest BCUT2D eigenvalue weighted by Crippen LogP contribution is 2.37. The van der Waals surface area contributed by atoms with Crippen LogP contribution >= 0.6 is 0 Å². The largest absolute Gasteiger partial charge is 0.0776 e. The summed E-state index contributed by atoms with van der Waals surface area (Å²) in [6.07, 6.45) is 13.7. The first-order chi connectivity index (χ1) is 7.24. The van der Waals surface area contributed by atoms with E-state index in [1.165, 1.54) is 51.4 Å². The zero-order valence-corrected chi connectivity index (χ0v) is 10.7. The molecule has 0 heteroatoms. The molecule has 0 aromatic rings. The van der Waals surface area contributed by atoms with Crippen LogP contribution in [0.15, 0.2) is 0 Å². The van der Waals surface area contributed by atoms with Crippen molar-refractivity contribution in [2.75, 3.05) is 0 Å². The van der Waals surface area contributed by atoms with Crippen molar-refractivity contribution in [2.24, 2.45) is 23.7 Å². The van der Waals surface area contributed by atoms with Crippen molar-refractivity contribution in [3.8, 4) is 0 Å². The quantitative estimate of drug-likeness (QED) is 0.550. The van der Waals surface area contributed by atoms with Crippen LogP contribution in [0, 0.1) is 23.7 Å². The fraction of sp³-hybridized carbons (Fsp3) is 1.00. The minimum absolute atomic E-state index is 0. The maximum atomic E-state index is 2.43. The zero-order valence-electron chi connectivity index (χ0n) is 10.7. The van der Waals surface area contributed by atoms with Crippen LogP contribution < -0.4 is 0 Å². The Bertz CT molecular complexity index is 154. The SMILES string of the molecule is C.CC1CCC(CC2CCC(C)CC2)CC1.[2HH]. The molecule has 0 bridgehead atoms. The Labute approximate surface area is 105 Å². The van der Waals surface area contributed by atoms with E-state index >= 15 is 0 Å². The van der Waals surface area contributed by atoms with Gasteiger partial charge in [0.15, 0.2) is 0 Å². The van der Waals surface area contributed by atoms with Crippen molar-refractivity contribution < 1.29 is 1.43 Å². The van der Waals surface area contributed by atoms with Crippen LogP contribution in [0.25, 0.3) is 0 Å². The fourth-order valence-corrected chi connectivity index (χ4v) is 3.60. The Kier molecular flexibility index (Phi) is 5.86. The minimum Gasteiger partial charge on any atom is -0.0776 e. The van der Waals surface area contributed by atoms with E-state index in [4.69, 9.17) is 0 Å². The molecule has 0 atom stereocenters. The van der Waals surface area contributed by atoms with Gasteiger partial charge in [-0.25, -0.2) is 0 Å². The van der Waals surface area contributed by atoms with Crippen LogP contribution in [0.1, 0.15) is 80.5 Å². The molecule has 98 valence electrons. The van der Waals surface area contributed by atoms with E-state index in [0.29, 0.717) is 0 Å². The molecule has 2 fully saturated rings. The van der Waals surface area contributed by atoms with Gasteiger partial charge in [0, 0.05) is 1.43 Å². The average molecular weight is 227 g/mol. The topological polar surface area (TPSA) is 0 Å². The minimum atomic E-state index is 0. The Morgan fingerprint density at radius 1 is 0.688 bits per heavy atom. The molecule has 2 saturated carbocycles. The van der Waals surface area contributed by atoms with Crippen LogP contribution in [-0.2, 0) is 0 Å². The van der Waals surface area contributed by atoms with Gasteiger partial charge in [-0.2, -0.15) is 0 Å². The van der Waals surface area contributed by atoms with Crippen molar-refractivity contribution >= 4 is 0 Å². The van der Waals surface area contributed by atoms with Gasteiger partial charge in [-0.1, -0.05) is 72.6 Å². The second kappa shape index (κ2) is 6.67. The second-order valence-electron chi connectivity index (χ2n) is 6.49. The highest BCUT2D eigenvalue weighted by molar-refractivity contribution is 4.76. The number of hydrogen-bond donors (Lipinski definition) is 0. The van der Waals surface area contributed by atoms with Gasteiger partial charge in [0.2, 0.25) is 0 Å². The predicted molar refractivity (Wildman–Crippen MR) is 75.7 cm³/mol. The molecule has 0 heterocycles. The van der Waals surface area contributed by atoms with Gasteiger partial charge in [-0.3, -0.25) is 0 Å². The van der Waals surface area contributed by atoms with Gasteiger partial charge in [0.1, 0.15) is 0 Å². The zero-order chi connectivity index (χ0) is 10.7. The molecule has 0 aliphatic heterocycles. The lowest BCUT2D eigenvalue weighted by atomic mass is 9.74. The lowest BCUT2D eigenvalue weighted by Crippen LogP contribution is -2.19. The summed E-state index contributed by atoms with van der Waals surface area (Å²) in [7, 11) is 0. The van der Waals surface area contributed by atoms with Gasteiger partial charge in [0.25, 0.3) is 0 Å². The molecular weight excluding hydrogens is 192 g/mol. The molecule has 0 radical (unpaired) electrons. The Hall–Kier alpha value is 0. The van der Waals surface area contributed by atoms with E-state index in [2.05, 4.69) is 13.8 Å². The van der Waals surface area contributed by atoms with Gasteiger partial charge in [-0.05, 0) is 30.1 Å². The Morgan fingerprint density at radius 2 is 1.00 bits per heavy atom. The van der Waals surface area contributed by atoms with Crippen LogP contribution in [0.5, 0.6) is 0 Å². The summed E-state index contributed by atoms with van der Waals surface area (Å²) in [5.41, 5.74) is 0. The van der Waals surface area contributed by atoms with Crippen molar-refractivity contribution in [2.45, 2.75) is 79.1 Å². The molecule has 0 amide bonds. The van der Waals surface area contributed by atoms with Crippen molar-refractivity contribution in [1.82, 2.24) is 0 Å². The maximum Gasteiger partial charge on any atom is 0 e. The maximum absolute atomic E-state index is 2.43. The molecule has 2 aliphatic rings. The smallest absolute Gasteiger partial charge is 0 e. The molecule has 2 rings (SSSR count). The molecular formula is C16H34. The van der Waals surface area contributed by atoms with E-state index in [1.54, 1.807) is 6.42 Å². The van der Waals surface area contributed by atoms with E-state index in [0.717, 1.165) is 23.7 Å². The van der Waals surface area contributed by atoms with Crippen LogP contribution in [0.4, 0.5) is 0 Å². The van der Waals surface area contributed by atoms with E-state index in [9.17, 15) is 0 Å². The third kappa shape index (κ3) is 4.11. The molecule has 0 nitrogen and oxygen atoms in total. The lowest BCUT2D eigenvalue weighted by Gasteiger charge is -2.32. The lowest BCUT2D eigenvalue weighted by molar-refractivity contribution is 0.201. The highest BCUT2D eigenvalue weighted by Gasteiger charge is 2.24. The highest BCUT2D eigenvalue weighted by atomic mass is 14.3. The van der Waals surface area contributed by atoms with Crippen molar-refractivity contribution in [3.05, 3.63) is 0 Å². The van der Waals surface area contributed by atoms with Gasteiger partial charge in [0.05, 0.1) is 0 Å². The normalized spacial score (nSPS) is 40.1. The summed E-state index contributed by atoms with van der Waals surface area (Å²) < 4.78 is 0. The van der Waals surface area contributed by atoms with Crippen molar-refractivity contribution in [1.29, 1.82) is 0 Å². The third-order valence-corrected chi connectivity index (χ3v) is 4.94. The first-order valence-corrected chi connectivity index (χ1v) is 7.24. The second-order valence-corrected chi connectivity index (χ2v) is 6.49. The molecule has 0 saturated heterocycles. The molecule has 0 aromatic carbocycles.